The summed E-state index contributed by atoms with van der Waals surface area (Å²) < 4.78 is 4.75. The van der Waals surface area contributed by atoms with Crippen LogP contribution in [-0.4, -0.2) is 48.0 Å². The summed E-state index contributed by atoms with van der Waals surface area (Å²) in [6, 6.07) is 7.90. The minimum absolute atomic E-state index is 0.0625. The first-order valence-corrected chi connectivity index (χ1v) is 7.88. The molecule has 1 fully saturated rings. The SMILES string of the molecule is COC(=O)[C@@H]1CN(C(=O)/C=C/c2ccccc2C)CCS1. The maximum Gasteiger partial charge on any atom is 0.320 e. The maximum absolute atomic E-state index is 12.2. The lowest BCUT2D eigenvalue weighted by molar-refractivity contribution is -0.140. The van der Waals surface area contributed by atoms with Crippen molar-refractivity contribution < 1.29 is 14.3 Å². The molecule has 0 N–H and O–H groups in total. The summed E-state index contributed by atoms with van der Waals surface area (Å²) in [4.78, 5) is 25.5. The van der Waals surface area contributed by atoms with Crippen molar-refractivity contribution in [2.45, 2.75) is 12.2 Å². The third-order valence-corrected chi connectivity index (χ3v) is 4.60. The molecule has 1 heterocycles. The van der Waals surface area contributed by atoms with Crippen molar-refractivity contribution in [3.05, 3.63) is 41.5 Å². The largest absolute Gasteiger partial charge is 0.468 e. The van der Waals surface area contributed by atoms with Gasteiger partial charge in [-0.05, 0) is 24.1 Å². The molecule has 1 saturated heterocycles. The number of hydrogen-bond acceptors (Lipinski definition) is 4. The van der Waals surface area contributed by atoms with E-state index in [1.807, 2.05) is 37.3 Å². The molecule has 21 heavy (non-hydrogen) atoms. The van der Waals surface area contributed by atoms with Crippen LogP contribution in [0.5, 0.6) is 0 Å². The Morgan fingerprint density at radius 2 is 2.14 bits per heavy atom. The number of carbonyl (C=O) groups is 2. The van der Waals surface area contributed by atoms with Crippen LogP contribution in [0.15, 0.2) is 30.3 Å². The second-order valence-corrected chi connectivity index (χ2v) is 6.17. The van der Waals surface area contributed by atoms with Crippen LogP contribution in [0, 0.1) is 6.92 Å². The number of methoxy groups -OCH3 is 1. The van der Waals surface area contributed by atoms with E-state index >= 15 is 0 Å². The predicted molar refractivity (Wildman–Crippen MR) is 85.1 cm³/mol. The number of nitrogens with zero attached hydrogens (tertiary/aromatic N) is 1. The highest BCUT2D eigenvalue weighted by Crippen LogP contribution is 2.20. The molecule has 0 aliphatic carbocycles. The fourth-order valence-corrected chi connectivity index (χ4v) is 3.29. The molecule has 0 saturated carbocycles. The number of hydrogen-bond donors (Lipinski definition) is 0. The molecule has 1 aromatic rings. The molecule has 2 rings (SSSR count). The van der Waals surface area contributed by atoms with Crippen molar-refractivity contribution in [3.63, 3.8) is 0 Å². The van der Waals surface area contributed by atoms with Crippen molar-refractivity contribution in [1.82, 2.24) is 4.90 Å². The van der Waals surface area contributed by atoms with E-state index < -0.39 is 0 Å². The van der Waals surface area contributed by atoms with E-state index in [2.05, 4.69) is 0 Å². The first kappa shape index (κ1) is 15.6. The van der Waals surface area contributed by atoms with Crippen LogP contribution in [0.3, 0.4) is 0 Å². The second-order valence-electron chi connectivity index (χ2n) is 4.86. The van der Waals surface area contributed by atoms with Crippen LogP contribution < -0.4 is 0 Å². The molecule has 0 spiro atoms. The van der Waals surface area contributed by atoms with E-state index in [1.54, 1.807) is 22.7 Å². The Morgan fingerprint density at radius 3 is 2.86 bits per heavy atom. The minimum atomic E-state index is -0.278. The second kappa shape index (κ2) is 7.31. The topological polar surface area (TPSA) is 46.6 Å². The number of ether oxygens (including phenoxy) is 1. The quantitative estimate of drug-likeness (QED) is 0.634. The number of esters is 1. The smallest absolute Gasteiger partial charge is 0.320 e. The molecule has 0 bridgehead atoms. The third kappa shape index (κ3) is 4.11. The Balaban J connectivity index is 2.00. The van der Waals surface area contributed by atoms with Gasteiger partial charge in [0.1, 0.15) is 5.25 Å². The molecule has 5 heteroatoms. The molecule has 0 unspecified atom stereocenters. The highest BCUT2D eigenvalue weighted by Gasteiger charge is 2.28. The molecule has 1 aromatic carbocycles. The zero-order chi connectivity index (χ0) is 15.2. The molecule has 0 radical (unpaired) electrons. The number of amides is 1. The first-order chi connectivity index (χ1) is 10.1. The predicted octanol–water partition coefficient (Wildman–Crippen LogP) is 2.13. The van der Waals surface area contributed by atoms with Gasteiger partial charge in [-0.15, -0.1) is 11.8 Å². The van der Waals surface area contributed by atoms with Gasteiger partial charge in [-0.3, -0.25) is 9.59 Å². The summed E-state index contributed by atoms with van der Waals surface area (Å²) in [6.07, 6.45) is 3.40. The van der Waals surface area contributed by atoms with E-state index in [4.69, 9.17) is 4.74 Å². The molecular weight excluding hydrogens is 286 g/mol. The molecule has 112 valence electrons. The fourth-order valence-electron chi connectivity index (χ4n) is 2.16. The van der Waals surface area contributed by atoms with Gasteiger partial charge in [-0.2, -0.15) is 0 Å². The van der Waals surface area contributed by atoms with Gasteiger partial charge >= 0.3 is 5.97 Å². The summed E-state index contributed by atoms with van der Waals surface area (Å²) >= 11 is 1.54. The number of carbonyl (C=O) groups excluding carboxylic acids is 2. The first-order valence-electron chi connectivity index (χ1n) is 6.84. The lowest BCUT2D eigenvalue weighted by atomic mass is 10.1. The molecule has 1 amide bonds. The summed E-state index contributed by atoms with van der Waals surface area (Å²) in [7, 11) is 1.38. The van der Waals surface area contributed by atoms with Gasteiger partial charge in [-0.1, -0.05) is 24.3 Å². The summed E-state index contributed by atoms with van der Waals surface area (Å²) in [5.41, 5.74) is 2.16. The van der Waals surface area contributed by atoms with Crippen LogP contribution in [0.1, 0.15) is 11.1 Å². The van der Waals surface area contributed by atoms with Crippen molar-refractivity contribution in [2.24, 2.45) is 0 Å². The van der Waals surface area contributed by atoms with Crippen LogP contribution in [0.25, 0.3) is 6.08 Å². The maximum atomic E-state index is 12.2. The van der Waals surface area contributed by atoms with Crippen molar-refractivity contribution in [3.8, 4) is 0 Å². The number of thioether (sulfide) groups is 1. The standard InChI is InChI=1S/C16H19NO3S/c1-12-5-3-4-6-13(12)7-8-15(18)17-9-10-21-14(11-17)16(19)20-2/h3-8,14H,9-11H2,1-2H3/b8-7+/t14-/m0/s1. The average Bonchev–Trinajstić information content (AvgIpc) is 2.53. The highest BCUT2D eigenvalue weighted by atomic mass is 32.2. The van der Waals surface area contributed by atoms with Gasteiger partial charge in [0.2, 0.25) is 5.91 Å². The lowest BCUT2D eigenvalue weighted by Crippen LogP contribution is -2.44. The zero-order valence-electron chi connectivity index (χ0n) is 12.2. The number of rotatable bonds is 3. The van der Waals surface area contributed by atoms with Crippen molar-refractivity contribution >= 4 is 29.7 Å². The van der Waals surface area contributed by atoms with E-state index in [0.29, 0.717) is 13.1 Å². The number of benzene rings is 1. The molecule has 4 nitrogen and oxygen atoms in total. The fraction of sp³-hybridized carbons (Fsp3) is 0.375. The minimum Gasteiger partial charge on any atom is -0.468 e. The Morgan fingerprint density at radius 1 is 1.38 bits per heavy atom. The van der Waals surface area contributed by atoms with Gasteiger partial charge in [0.15, 0.2) is 0 Å². The normalized spacial score (nSPS) is 18.8. The van der Waals surface area contributed by atoms with Gasteiger partial charge in [0.05, 0.1) is 7.11 Å². The molecule has 1 atom stereocenters. The van der Waals surface area contributed by atoms with Gasteiger partial charge in [0, 0.05) is 24.9 Å². The Labute approximate surface area is 129 Å². The number of aryl methyl sites for hydroxylation is 1. The Kier molecular flexibility index (Phi) is 5.44. The van der Waals surface area contributed by atoms with Crippen molar-refractivity contribution in [1.29, 1.82) is 0 Å². The van der Waals surface area contributed by atoms with E-state index in [-0.39, 0.29) is 17.1 Å². The van der Waals surface area contributed by atoms with E-state index in [0.717, 1.165) is 16.9 Å². The van der Waals surface area contributed by atoms with E-state index in [9.17, 15) is 9.59 Å². The Hall–Kier alpha value is -1.75. The third-order valence-electron chi connectivity index (χ3n) is 3.44. The monoisotopic (exact) mass is 305 g/mol. The van der Waals surface area contributed by atoms with Crippen LogP contribution >= 0.6 is 11.8 Å². The van der Waals surface area contributed by atoms with Crippen LogP contribution in [-0.2, 0) is 14.3 Å². The molecule has 1 aliphatic rings. The summed E-state index contributed by atoms with van der Waals surface area (Å²) in [6.45, 7) is 3.08. The van der Waals surface area contributed by atoms with Gasteiger partial charge in [-0.25, -0.2) is 0 Å². The zero-order valence-corrected chi connectivity index (χ0v) is 13.1. The Bertz CT molecular complexity index is 556. The molecule has 1 aliphatic heterocycles. The van der Waals surface area contributed by atoms with Crippen LogP contribution in [0.4, 0.5) is 0 Å². The summed E-state index contributed by atoms with van der Waals surface area (Å²) in [5, 5.41) is -0.278. The van der Waals surface area contributed by atoms with Crippen molar-refractivity contribution in [2.75, 3.05) is 26.0 Å². The van der Waals surface area contributed by atoms with Gasteiger partial charge < -0.3 is 9.64 Å². The summed E-state index contributed by atoms with van der Waals surface area (Å²) in [5.74, 6) is 0.428. The molecule has 0 aromatic heterocycles. The van der Waals surface area contributed by atoms with Gasteiger partial charge in [0.25, 0.3) is 0 Å². The van der Waals surface area contributed by atoms with Crippen LogP contribution in [0.2, 0.25) is 0 Å². The highest BCUT2D eigenvalue weighted by molar-refractivity contribution is 8.00. The molecular formula is C16H19NO3S. The van der Waals surface area contributed by atoms with E-state index in [1.165, 1.54) is 7.11 Å². The average molecular weight is 305 g/mol. The lowest BCUT2D eigenvalue weighted by Gasteiger charge is -2.30.